The van der Waals surface area contributed by atoms with Crippen molar-refractivity contribution in [2.24, 2.45) is 5.73 Å². The van der Waals surface area contributed by atoms with Crippen LogP contribution in [0, 0.1) is 6.92 Å². The maximum Gasteiger partial charge on any atom is 0.304 e. The van der Waals surface area contributed by atoms with Gasteiger partial charge in [-0.05, 0) is 25.0 Å². The highest BCUT2D eigenvalue weighted by Crippen LogP contribution is 2.39. The molecular weight excluding hydrogens is 216 g/mol. The number of anilines is 1. The molecule has 2 rings (SSSR count). The number of rotatable bonds is 3. The van der Waals surface area contributed by atoms with Crippen LogP contribution < -0.4 is 11.1 Å². The molecular formula is C13H18N2O2. The summed E-state index contributed by atoms with van der Waals surface area (Å²) in [6, 6.07) is 6.09. The van der Waals surface area contributed by atoms with Gasteiger partial charge in [-0.3, -0.25) is 4.79 Å². The number of nitrogens with two attached hydrogens (primary N) is 1. The minimum atomic E-state index is -0.787. The van der Waals surface area contributed by atoms with Gasteiger partial charge >= 0.3 is 5.97 Å². The quantitative estimate of drug-likeness (QED) is 0.740. The molecule has 4 nitrogen and oxygen atoms in total. The van der Waals surface area contributed by atoms with Crippen molar-refractivity contribution in [2.75, 3.05) is 18.4 Å². The first kappa shape index (κ1) is 11.9. The van der Waals surface area contributed by atoms with Gasteiger partial charge in [0.15, 0.2) is 0 Å². The monoisotopic (exact) mass is 234 g/mol. The highest BCUT2D eigenvalue weighted by Gasteiger charge is 2.37. The summed E-state index contributed by atoms with van der Waals surface area (Å²) in [5, 5.41) is 12.4. The van der Waals surface area contributed by atoms with Gasteiger partial charge in [0.25, 0.3) is 0 Å². The fraction of sp³-hybridized carbons (Fsp3) is 0.462. The largest absolute Gasteiger partial charge is 0.481 e. The number of aliphatic carboxylic acids is 1. The molecule has 0 spiro atoms. The lowest BCUT2D eigenvalue weighted by Crippen LogP contribution is -2.42. The molecule has 0 amide bonds. The normalized spacial score (nSPS) is 22.7. The smallest absolute Gasteiger partial charge is 0.304 e. The number of benzene rings is 1. The first-order chi connectivity index (χ1) is 8.07. The van der Waals surface area contributed by atoms with E-state index in [0.29, 0.717) is 6.54 Å². The predicted molar refractivity (Wildman–Crippen MR) is 67.3 cm³/mol. The van der Waals surface area contributed by atoms with Crippen LogP contribution in [0.15, 0.2) is 18.2 Å². The average molecular weight is 234 g/mol. The Balaban J connectivity index is 2.49. The molecule has 1 aromatic rings. The van der Waals surface area contributed by atoms with Crippen LogP contribution in [0.25, 0.3) is 0 Å². The minimum Gasteiger partial charge on any atom is -0.481 e. The Morgan fingerprint density at radius 1 is 1.59 bits per heavy atom. The van der Waals surface area contributed by atoms with Crippen LogP contribution in [0.1, 0.15) is 24.0 Å². The number of aryl methyl sites for hydroxylation is 1. The standard InChI is InChI=1S/C13H18N2O2/c1-9-2-3-11-10(6-9)13(8-14,4-5-15-11)7-12(16)17/h2-3,6,15H,4-5,7-8,14H2,1H3,(H,16,17). The second-order valence-corrected chi connectivity index (χ2v) is 4.78. The SMILES string of the molecule is Cc1ccc2c(c1)C(CN)(CC(=O)O)CCN2. The van der Waals surface area contributed by atoms with Gasteiger partial charge in [-0.25, -0.2) is 0 Å². The highest BCUT2D eigenvalue weighted by atomic mass is 16.4. The molecule has 1 unspecified atom stereocenters. The third-order valence-electron chi connectivity index (χ3n) is 3.55. The van der Waals surface area contributed by atoms with Crippen molar-refractivity contribution in [1.29, 1.82) is 0 Å². The van der Waals surface area contributed by atoms with Crippen LogP contribution in [0.2, 0.25) is 0 Å². The fourth-order valence-corrected chi connectivity index (χ4v) is 2.58. The van der Waals surface area contributed by atoms with Crippen LogP contribution >= 0.6 is 0 Å². The molecule has 1 aliphatic heterocycles. The van der Waals surface area contributed by atoms with E-state index >= 15 is 0 Å². The zero-order valence-electron chi connectivity index (χ0n) is 9.99. The van der Waals surface area contributed by atoms with E-state index < -0.39 is 11.4 Å². The van der Waals surface area contributed by atoms with Crippen molar-refractivity contribution in [1.82, 2.24) is 0 Å². The Morgan fingerprint density at radius 3 is 3.00 bits per heavy atom. The summed E-state index contributed by atoms with van der Waals surface area (Å²) >= 11 is 0. The maximum atomic E-state index is 11.1. The van der Waals surface area contributed by atoms with Crippen molar-refractivity contribution >= 4 is 11.7 Å². The first-order valence-corrected chi connectivity index (χ1v) is 5.84. The molecule has 1 atom stereocenters. The average Bonchev–Trinajstić information content (AvgIpc) is 2.29. The number of fused-ring (bicyclic) bond motifs is 1. The van der Waals surface area contributed by atoms with E-state index in [0.717, 1.165) is 29.8 Å². The Labute approximate surface area is 101 Å². The molecule has 1 aromatic carbocycles. The lowest BCUT2D eigenvalue weighted by molar-refractivity contribution is -0.138. The van der Waals surface area contributed by atoms with Crippen LogP contribution in [-0.2, 0) is 10.2 Å². The Bertz CT molecular complexity index is 445. The summed E-state index contributed by atoms with van der Waals surface area (Å²) in [5.74, 6) is -0.787. The van der Waals surface area contributed by atoms with Gasteiger partial charge in [-0.15, -0.1) is 0 Å². The zero-order valence-corrected chi connectivity index (χ0v) is 9.99. The van der Waals surface area contributed by atoms with Gasteiger partial charge in [0, 0.05) is 24.2 Å². The molecule has 0 fully saturated rings. The number of hydrogen-bond donors (Lipinski definition) is 3. The highest BCUT2D eigenvalue weighted by molar-refractivity contribution is 5.71. The molecule has 0 saturated heterocycles. The Hall–Kier alpha value is -1.55. The van der Waals surface area contributed by atoms with E-state index in [2.05, 4.69) is 11.4 Å². The molecule has 17 heavy (non-hydrogen) atoms. The van der Waals surface area contributed by atoms with Gasteiger partial charge in [0.05, 0.1) is 6.42 Å². The number of hydrogen-bond acceptors (Lipinski definition) is 3. The molecule has 92 valence electrons. The van der Waals surface area contributed by atoms with Gasteiger partial charge in [0.1, 0.15) is 0 Å². The van der Waals surface area contributed by atoms with E-state index in [1.54, 1.807) is 0 Å². The second-order valence-electron chi connectivity index (χ2n) is 4.78. The summed E-state index contributed by atoms with van der Waals surface area (Å²) in [5.41, 5.74) is 8.65. The van der Waals surface area contributed by atoms with E-state index in [4.69, 9.17) is 10.8 Å². The second kappa shape index (κ2) is 4.37. The van der Waals surface area contributed by atoms with Crippen molar-refractivity contribution in [3.05, 3.63) is 29.3 Å². The number of carboxylic acids is 1. The molecule has 1 aliphatic rings. The van der Waals surface area contributed by atoms with E-state index in [1.807, 2.05) is 19.1 Å². The summed E-state index contributed by atoms with van der Waals surface area (Å²) in [6.07, 6.45) is 0.869. The van der Waals surface area contributed by atoms with Gasteiger partial charge in [0.2, 0.25) is 0 Å². The van der Waals surface area contributed by atoms with Crippen molar-refractivity contribution in [3.63, 3.8) is 0 Å². The summed E-state index contributed by atoms with van der Waals surface area (Å²) < 4.78 is 0. The number of carboxylic acid groups (broad SMARTS) is 1. The van der Waals surface area contributed by atoms with Crippen LogP contribution in [0.5, 0.6) is 0 Å². The zero-order chi connectivity index (χ0) is 12.5. The van der Waals surface area contributed by atoms with Crippen LogP contribution in [0.4, 0.5) is 5.69 Å². The van der Waals surface area contributed by atoms with Gasteiger partial charge in [-0.2, -0.15) is 0 Å². The fourth-order valence-electron chi connectivity index (χ4n) is 2.58. The summed E-state index contributed by atoms with van der Waals surface area (Å²) in [7, 11) is 0. The maximum absolute atomic E-state index is 11.1. The Kier molecular flexibility index (Phi) is 3.07. The van der Waals surface area contributed by atoms with Crippen molar-refractivity contribution in [2.45, 2.75) is 25.2 Å². The topological polar surface area (TPSA) is 75.4 Å². The first-order valence-electron chi connectivity index (χ1n) is 5.84. The van der Waals surface area contributed by atoms with E-state index in [-0.39, 0.29) is 6.42 Å². The van der Waals surface area contributed by atoms with Crippen LogP contribution in [-0.4, -0.2) is 24.2 Å². The molecule has 0 bridgehead atoms. The van der Waals surface area contributed by atoms with Gasteiger partial charge < -0.3 is 16.2 Å². The molecule has 4 N–H and O–H groups in total. The van der Waals surface area contributed by atoms with Crippen molar-refractivity contribution in [3.8, 4) is 0 Å². The minimum absolute atomic E-state index is 0.0988. The third kappa shape index (κ3) is 2.13. The van der Waals surface area contributed by atoms with Crippen molar-refractivity contribution < 1.29 is 9.90 Å². The summed E-state index contributed by atoms with van der Waals surface area (Å²) in [4.78, 5) is 11.1. The van der Waals surface area contributed by atoms with Crippen LogP contribution in [0.3, 0.4) is 0 Å². The molecule has 4 heteroatoms. The number of carbonyl (C=O) groups is 1. The number of nitrogens with one attached hydrogen (secondary N) is 1. The summed E-state index contributed by atoms with van der Waals surface area (Å²) in [6.45, 7) is 3.16. The Morgan fingerprint density at radius 2 is 2.35 bits per heavy atom. The predicted octanol–water partition coefficient (Wildman–Crippen LogP) is 1.48. The molecule has 0 saturated carbocycles. The molecule has 0 aliphatic carbocycles. The van der Waals surface area contributed by atoms with E-state index in [1.165, 1.54) is 0 Å². The molecule has 0 aromatic heterocycles. The van der Waals surface area contributed by atoms with E-state index in [9.17, 15) is 4.79 Å². The third-order valence-corrected chi connectivity index (χ3v) is 3.55. The lowest BCUT2D eigenvalue weighted by atomic mass is 9.72. The molecule has 0 radical (unpaired) electrons. The lowest BCUT2D eigenvalue weighted by Gasteiger charge is -2.38. The molecule has 1 heterocycles. The van der Waals surface area contributed by atoms with Gasteiger partial charge in [-0.1, -0.05) is 17.7 Å².